The van der Waals surface area contributed by atoms with Crippen LogP contribution in [0.2, 0.25) is 0 Å². The van der Waals surface area contributed by atoms with Crippen molar-refractivity contribution in [2.45, 2.75) is 46.3 Å². The quantitative estimate of drug-likeness (QED) is 0.399. The fourth-order valence-corrected chi connectivity index (χ4v) is 3.88. The number of para-hydroxylation sites is 1. The molecule has 0 saturated carbocycles. The van der Waals surface area contributed by atoms with Crippen LogP contribution in [0.3, 0.4) is 0 Å². The molecule has 0 aliphatic carbocycles. The maximum atomic E-state index is 13.6. The van der Waals surface area contributed by atoms with Gasteiger partial charge in [0.25, 0.3) is 5.56 Å². The molecule has 0 aliphatic heterocycles. The molecule has 0 bridgehead atoms. The lowest BCUT2D eigenvalue weighted by atomic mass is 10.2. The Bertz CT molecular complexity index is 1550. The van der Waals surface area contributed by atoms with Crippen LogP contribution in [0.1, 0.15) is 31.8 Å². The van der Waals surface area contributed by atoms with E-state index in [1.807, 2.05) is 38.1 Å². The van der Waals surface area contributed by atoms with Gasteiger partial charge < -0.3 is 11.1 Å². The van der Waals surface area contributed by atoms with Crippen molar-refractivity contribution in [2.24, 2.45) is 12.8 Å². The average molecular weight is 461 g/mol. The average Bonchev–Trinajstić information content (AvgIpc) is 3.17. The summed E-state index contributed by atoms with van der Waals surface area (Å²) in [6, 6.07) is 7.66. The number of hydrogen-bond acceptors (Lipinski definition) is 7. The van der Waals surface area contributed by atoms with Gasteiger partial charge in [-0.2, -0.15) is 4.98 Å². The topological polar surface area (TPSA) is 126 Å². The number of anilines is 1. The molecule has 10 heteroatoms. The number of nitrogens with zero attached hydrogens (tertiary/aromatic N) is 6. The van der Waals surface area contributed by atoms with Crippen molar-refractivity contribution < 1.29 is 0 Å². The summed E-state index contributed by atoms with van der Waals surface area (Å²) in [5.41, 5.74) is 7.05. The number of aryl methyl sites for hydroxylation is 2. The molecule has 0 saturated heterocycles. The van der Waals surface area contributed by atoms with Gasteiger partial charge >= 0.3 is 5.69 Å². The van der Waals surface area contributed by atoms with E-state index in [2.05, 4.69) is 32.1 Å². The Hall–Kier alpha value is -3.97. The summed E-state index contributed by atoms with van der Waals surface area (Å²) < 4.78 is 4.23. The molecule has 4 aromatic rings. The molecule has 10 nitrogen and oxygen atoms in total. The number of aromatic nitrogens is 6. The van der Waals surface area contributed by atoms with Crippen LogP contribution in [-0.4, -0.2) is 41.2 Å². The van der Waals surface area contributed by atoms with Crippen molar-refractivity contribution in [3.05, 3.63) is 56.6 Å². The molecule has 0 radical (unpaired) electrons. The number of hydrogen-bond donors (Lipinski definition) is 2. The Morgan fingerprint density at radius 2 is 1.91 bits per heavy atom. The highest BCUT2D eigenvalue weighted by atomic mass is 16.2. The SMILES string of the molecule is CC#CCn1c(NCC[C@H](C)N)nc2c1c(=O)n(Cc1nc(C)c3ccccc3n1)c(=O)n2C. The predicted octanol–water partition coefficient (Wildman–Crippen LogP) is 1.37. The standard InChI is InChI=1S/C24H28N8O2/c1-5-6-13-31-20-21(29-23(31)26-12-11-15(2)25)30(4)24(34)32(22(20)33)14-19-27-16(3)17-9-7-8-10-18(17)28-19/h7-10,15H,11-14,25H2,1-4H3,(H,26,29)/t15-/m0/s1. The van der Waals surface area contributed by atoms with Crippen LogP contribution >= 0.6 is 0 Å². The van der Waals surface area contributed by atoms with Crippen molar-refractivity contribution in [1.29, 1.82) is 0 Å². The minimum absolute atomic E-state index is 0.0211. The molecule has 0 amide bonds. The summed E-state index contributed by atoms with van der Waals surface area (Å²) in [5.74, 6) is 6.71. The molecule has 3 aromatic heterocycles. The molecule has 0 unspecified atom stereocenters. The second-order valence-corrected chi connectivity index (χ2v) is 8.29. The van der Waals surface area contributed by atoms with Crippen LogP contribution in [0.5, 0.6) is 0 Å². The summed E-state index contributed by atoms with van der Waals surface area (Å²) in [5, 5.41) is 4.16. The third-order valence-electron chi connectivity index (χ3n) is 5.67. The Morgan fingerprint density at radius 3 is 2.65 bits per heavy atom. The molecule has 1 aromatic carbocycles. The van der Waals surface area contributed by atoms with Crippen molar-refractivity contribution in [1.82, 2.24) is 28.7 Å². The van der Waals surface area contributed by atoms with Crippen molar-refractivity contribution in [2.75, 3.05) is 11.9 Å². The lowest BCUT2D eigenvalue weighted by Crippen LogP contribution is -2.40. The molecular weight excluding hydrogens is 432 g/mol. The molecule has 0 fully saturated rings. The molecule has 0 aliphatic rings. The van der Waals surface area contributed by atoms with Crippen LogP contribution in [-0.2, 0) is 20.1 Å². The minimum Gasteiger partial charge on any atom is -0.355 e. The Balaban J connectivity index is 1.85. The highest BCUT2D eigenvalue weighted by molar-refractivity contribution is 5.80. The molecule has 4 rings (SSSR count). The van der Waals surface area contributed by atoms with Gasteiger partial charge in [-0.05, 0) is 33.3 Å². The third-order valence-corrected chi connectivity index (χ3v) is 5.67. The molecule has 3 heterocycles. The smallest absolute Gasteiger partial charge is 0.332 e. The van der Waals surface area contributed by atoms with Crippen LogP contribution in [0.4, 0.5) is 5.95 Å². The van der Waals surface area contributed by atoms with Crippen LogP contribution < -0.4 is 22.3 Å². The van der Waals surface area contributed by atoms with Gasteiger partial charge in [0.1, 0.15) is 5.82 Å². The molecular formula is C24H28N8O2. The maximum Gasteiger partial charge on any atom is 0.332 e. The first kappa shape index (κ1) is 23.2. The fourth-order valence-electron chi connectivity index (χ4n) is 3.88. The summed E-state index contributed by atoms with van der Waals surface area (Å²) in [4.78, 5) is 40.4. The number of benzene rings is 1. The fraction of sp³-hybridized carbons (Fsp3) is 0.375. The van der Waals surface area contributed by atoms with E-state index in [4.69, 9.17) is 5.73 Å². The first-order valence-corrected chi connectivity index (χ1v) is 11.1. The minimum atomic E-state index is -0.486. The van der Waals surface area contributed by atoms with Gasteiger partial charge in [-0.3, -0.25) is 18.5 Å². The van der Waals surface area contributed by atoms with Gasteiger partial charge in [0.15, 0.2) is 11.2 Å². The van der Waals surface area contributed by atoms with Crippen molar-refractivity contribution >= 4 is 28.0 Å². The Morgan fingerprint density at radius 1 is 1.15 bits per heavy atom. The maximum absolute atomic E-state index is 13.6. The van der Waals surface area contributed by atoms with E-state index >= 15 is 0 Å². The van der Waals surface area contributed by atoms with Gasteiger partial charge in [0, 0.05) is 30.7 Å². The lowest BCUT2D eigenvalue weighted by Gasteiger charge is -2.11. The van der Waals surface area contributed by atoms with E-state index in [0.29, 0.717) is 29.5 Å². The first-order chi connectivity index (χ1) is 16.3. The van der Waals surface area contributed by atoms with E-state index in [9.17, 15) is 9.59 Å². The van der Waals surface area contributed by atoms with Crippen LogP contribution in [0.25, 0.3) is 22.1 Å². The van der Waals surface area contributed by atoms with E-state index in [1.165, 1.54) is 4.57 Å². The van der Waals surface area contributed by atoms with Gasteiger partial charge in [-0.25, -0.2) is 14.8 Å². The Kier molecular flexibility index (Phi) is 6.47. The second kappa shape index (κ2) is 9.49. The zero-order valence-corrected chi connectivity index (χ0v) is 19.8. The summed E-state index contributed by atoms with van der Waals surface area (Å²) in [7, 11) is 1.60. The number of rotatable bonds is 7. The van der Waals surface area contributed by atoms with Gasteiger partial charge in [-0.1, -0.05) is 24.1 Å². The van der Waals surface area contributed by atoms with E-state index < -0.39 is 11.2 Å². The summed E-state index contributed by atoms with van der Waals surface area (Å²) >= 11 is 0. The molecule has 176 valence electrons. The second-order valence-electron chi connectivity index (χ2n) is 8.29. The molecule has 0 spiro atoms. The van der Waals surface area contributed by atoms with Crippen LogP contribution in [0.15, 0.2) is 33.9 Å². The number of imidazole rings is 1. The van der Waals surface area contributed by atoms with Crippen molar-refractivity contribution in [3.8, 4) is 11.8 Å². The van der Waals surface area contributed by atoms with E-state index in [1.54, 1.807) is 18.5 Å². The zero-order valence-electron chi connectivity index (χ0n) is 19.8. The monoisotopic (exact) mass is 460 g/mol. The highest BCUT2D eigenvalue weighted by Crippen LogP contribution is 2.17. The lowest BCUT2D eigenvalue weighted by molar-refractivity contribution is 0.633. The Labute approximate surface area is 196 Å². The van der Waals surface area contributed by atoms with E-state index in [-0.39, 0.29) is 19.1 Å². The predicted molar refractivity (Wildman–Crippen MR) is 133 cm³/mol. The first-order valence-electron chi connectivity index (χ1n) is 11.1. The van der Waals surface area contributed by atoms with Crippen LogP contribution in [0, 0.1) is 18.8 Å². The van der Waals surface area contributed by atoms with Gasteiger partial charge in [0.05, 0.1) is 18.6 Å². The van der Waals surface area contributed by atoms with E-state index in [0.717, 1.165) is 27.6 Å². The third kappa shape index (κ3) is 4.30. The molecule has 3 N–H and O–H groups in total. The highest BCUT2D eigenvalue weighted by Gasteiger charge is 2.21. The molecule has 1 atom stereocenters. The number of nitrogens with two attached hydrogens (primary N) is 1. The normalized spacial score (nSPS) is 12.0. The largest absolute Gasteiger partial charge is 0.355 e. The van der Waals surface area contributed by atoms with Crippen molar-refractivity contribution in [3.63, 3.8) is 0 Å². The summed E-state index contributed by atoms with van der Waals surface area (Å²) in [6.07, 6.45) is 0.727. The van der Waals surface area contributed by atoms with Gasteiger partial charge in [0.2, 0.25) is 5.95 Å². The zero-order chi connectivity index (χ0) is 24.4. The number of fused-ring (bicyclic) bond motifs is 2. The number of nitrogens with one attached hydrogen (secondary N) is 1. The molecule has 34 heavy (non-hydrogen) atoms. The summed E-state index contributed by atoms with van der Waals surface area (Å²) in [6.45, 7) is 6.32. The van der Waals surface area contributed by atoms with Gasteiger partial charge in [-0.15, -0.1) is 5.92 Å².